The summed E-state index contributed by atoms with van der Waals surface area (Å²) in [5.74, 6) is 0.354. The van der Waals surface area contributed by atoms with Crippen LogP contribution in [0.3, 0.4) is 0 Å². The summed E-state index contributed by atoms with van der Waals surface area (Å²) < 4.78 is 1.41. The van der Waals surface area contributed by atoms with Gasteiger partial charge in [0.15, 0.2) is 4.80 Å². The maximum Gasteiger partial charge on any atom is 0.240 e. The first-order valence-electron chi connectivity index (χ1n) is 6.83. The fourth-order valence-corrected chi connectivity index (χ4v) is 2.79. The molecule has 0 fully saturated rings. The van der Waals surface area contributed by atoms with E-state index in [1.54, 1.807) is 11.6 Å². The van der Waals surface area contributed by atoms with E-state index in [1.165, 1.54) is 21.5 Å². The van der Waals surface area contributed by atoms with Gasteiger partial charge in [-0.25, -0.2) is 0 Å². The number of nitrogens with zero attached hydrogens (tertiary/aromatic N) is 1. The van der Waals surface area contributed by atoms with Gasteiger partial charge in [0, 0.05) is 11.6 Å². The average molecular weight is 288 g/mol. The molecular formula is C16H20N2OS. The van der Waals surface area contributed by atoms with Crippen molar-refractivity contribution in [3.8, 4) is 0 Å². The highest BCUT2D eigenvalue weighted by molar-refractivity contribution is 7.07. The van der Waals surface area contributed by atoms with E-state index in [-0.39, 0.29) is 16.6 Å². The normalized spacial score (nSPS) is 12.6. The molecule has 1 heterocycles. The molecule has 1 aromatic heterocycles. The van der Waals surface area contributed by atoms with E-state index in [0.717, 1.165) is 12.0 Å². The summed E-state index contributed by atoms with van der Waals surface area (Å²) in [6.45, 7) is 6.29. The molecule has 2 aromatic rings. The first-order valence-corrected chi connectivity index (χ1v) is 7.70. The molecule has 3 nitrogen and oxygen atoms in total. The molecule has 0 amide bonds. The fraction of sp³-hybridized carbons (Fsp3) is 0.375. The van der Waals surface area contributed by atoms with Gasteiger partial charge in [-0.3, -0.25) is 14.8 Å². The molecule has 1 atom stereocenters. The van der Waals surface area contributed by atoms with Crippen molar-refractivity contribution in [1.82, 2.24) is 4.57 Å². The van der Waals surface area contributed by atoms with Gasteiger partial charge in [0.25, 0.3) is 0 Å². The third-order valence-electron chi connectivity index (χ3n) is 3.34. The van der Waals surface area contributed by atoms with Crippen LogP contribution in [0.5, 0.6) is 0 Å². The van der Waals surface area contributed by atoms with Gasteiger partial charge >= 0.3 is 0 Å². The number of aromatic nitrogens is 1. The summed E-state index contributed by atoms with van der Waals surface area (Å²) in [6, 6.07) is 8.24. The predicted molar refractivity (Wildman–Crippen MR) is 82.2 cm³/mol. The molecule has 0 aliphatic heterocycles. The minimum atomic E-state index is -0.230. The number of carbonyl (C=O) groups excluding carboxylic acids is 1. The van der Waals surface area contributed by atoms with Crippen molar-refractivity contribution in [1.29, 1.82) is 5.41 Å². The third-order valence-corrected chi connectivity index (χ3v) is 4.02. The molecule has 0 aliphatic carbocycles. The molecule has 2 rings (SSSR count). The summed E-state index contributed by atoms with van der Waals surface area (Å²) in [5.41, 5.74) is 2.30. The van der Waals surface area contributed by atoms with Crippen LogP contribution in [-0.4, -0.2) is 10.5 Å². The van der Waals surface area contributed by atoms with E-state index >= 15 is 0 Å². The van der Waals surface area contributed by atoms with Gasteiger partial charge in [-0.2, -0.15) is 0 Å². The lowest BCUT2D eigenvalue weighted by atomic mass is 9.96. The molecule has 0 spiro atoms. The van der Waals surface area contributed by atoms with Gasteiger partial charge < -0.3 is 0 Å². The molecule has 0 aliphatic rings. The molecule has 0 radical (unpaired) electrons. The number of benzene rings is 1. The van der Waals surface area contributed by atoms with Crippen LogP contribution in [0.2, 0.25) is 0 Å². The van der Waals surface area contributed by atoms with Gasteiger partial charge in [-0.1, -0.05) is 38.1 Å². The summed E-state index contributed by atoms with van der Waals surface area (Å²) in [6.07, 6.45) is 2.72. The van der Waals surface area contributed by atoms with E-state index in [1.807, 2.05) is 19.1 Å². The van der Waals surface area contributed by atoms with Gasteiger partial charge in [-0.05, 0) is 30.4 Å². The molecular weight excluding hydrogens is 268 g/mol. The van der Waals surface area contributed by atoms with Crippen LogP contribution in [0.4, 0.5) is 0 Å². The molecule has 1 N–H and O–H groups in total. The molecule has 0 bridgehead atoms. The Balaban J connectivity index is 2.17. The van der Waals surface area contributed by atoms with Crippen molar-refractivity contribution in [2.75, 3.05) is 0 Å². The second kappa shape index (κ2) is 6.18. The zero-order valence-corrected chi connectivity index (χ0v) is 12.9. The monoisotopic (exact) mass is 288 g/mol. The van der Waals surface area contributed by atoms with Crippen molar-refractivity contribution in [3.63, 3.8) is 0 Å². The number of hydrogen-bond donors (Lipinski definition) is 1. The quantitative estimate of drug-likeness (QED) is 0.916. The van der Waals surface area contributed by atoms with Crippen molar-refractivity contribution >= 4 is 17.2 Å². The Kier molecular flexibility index (Phi) is 4.55. The Labute approximate surface area is 123 Å². The molecule has 20 heavy (non-hydrogen) atoms. The minimum Gasteiger partial charge on any atom is -0.275 e. The predicted octanol–water partition coefficient (Wildman–Crippen LogP) is 3.67. The highest BCUT2D eigenvalue weighted by atomic mass is 32.1. The first-order chi connectivity index (χ1) is 9.49. The Morgan fingerprint density at radius 3 is 2.40 bits per heavy atom. The van der Waals surface area contributed by atoms with Crippen LogP contribution in [0, 0.1) is 11.3 Å². The van der Waals surface area contributed by atoms with Crippen LogP contribution < -0.4 is 4.80 Å². The summed E-state index contributed by atoms with van der Waals surface area (Å²) in [5, 5.41) is 9.47. The molecule has 4 heteroatoms. The Morgan fingerprint density at radius 1 is 1.25 bits per heavy atom. The number of hydrogen-bond acceptors (Lipinski definition) is 3. The van der Waals surface area contributed by atoms with Crippen molar-refractivity contribution in [2.45, 2.75) is 33.1 Å². The second-order valence-corrected chi connectivity index (χ2v) is 6.37. The van der Waals surface area contributed by atoms with E-state index in [4.69, 9.17) is 5.41 Å². The lowest BCUT2D eigenvalue weighted by Crippen LogP contribution is -2.25. The second-order valence-electron chi connectivity index (χ2n) is 5.48. The first kappa shape index (κ1) is 14.7. The van der Waals surface area contributed by atoms with E-state index in [2.05, 4.69) is 26.0 Å². The van der Waals surface area contributed by atoms with Crippen LogP contribution in [0.25, 0.3) is 0 Å². The molecule has 0 saturated heterocycles. The van der Waals surface area contributed by atoms with Crippen LogP contribution in [0.15, 0.2) is 35.8 Å². The van der Waals surface area contributed by atoms with Gasteiger partial charge in [0.1, 0.15) is 0 Å². The van der Waals surface area contributed by atoms with Crippen LogP contribution in [0.1, 0.15) is 42.6 Å². The Hall–Kier alpha value is -1.68. The number of rotatable bonds is 4. The smallest absolute Gasteiger partial charge is 0.240 e. The average Bonchev–Trinajstić information content (AvgIpc) is 2.83. The zero-order chi connectivity index (χ0) is 14.7. The lowest BCUT2D eigenvalue weighted by Gasteiger charge is -2.12. The molecule has 106 valence electrons. The summed E-state index contributed by atoms with van der Waals surface area (Å²) in [7, 11) is 0. The largest absolute Gasteiger partial charge is 0.275 e. The maximum atomic E-state index is 12.3. The van der Waals surface area contributed by atoms with E-state index in [0.29, 0.717) is 5.92 Å². The molecule has 1 unspecified atom stereocenters. The fourth-order valence-electron chi connectivity index (χ4n) is 2.22. The number of nitrogens with one attached hydrogen (secondary N) is 1. The summed E-state index contributed by atoms with van der Waals surface area (Å²) in [4.78, 5) is 12.6. The van der Waals surface area contributed by atoms with Gasteiger partial charge in [0.2, 0.25) is 5.91 Å². The lowest BCUT2D eigenvalue weighted by molar-refractivity contribution is 0.0880. The zero-order valence-electron chi connectivity index (χ0n) is 12.1. The standard InChI is InChI=1S/C16H20N2OS/c1-11(2)10-13-4-6-14(7-5-13)12(3)15(19)18-8-9-20-16(18)17/h4-9,11-12,17H,10H2,1-3H3. The van der Waals surface area contributed by atoms with Crippen molar-refractivity contribution in [2.24, 2.45) is 5.92 Å². The van der Waals surface area contributed by atoms with Crippen molar-refractivity contribution < 1.29 is 4.79 Å². The molecule has 1 aromatic carbocycles. The number of carbonyl (C=O) groups is 1. The third kappa shape index (κ3) is 3.25. The Bertz CT molecular complexity index is 637. The highest BCUT2D eigenvalue weighted by Crippen LogP contribution is 2.19. The van der Waals surface area contributed by atoms with Gasteiger partial charge in [0.05, 0.1) is 5.92 Å². The van der Waals surface area contributed by atoms with Gasteiger partial charge in [-0.15, -0.1) is 11.3 Å². The summed E-state index contributed by atoms with van der Waals surface area (Å²) >= 11 is 1.26. The van der Waals surface area contributed by atoms with E-state index in [9.17, 15) is 4.79 Å². The SMILES string of the molecule is CC(C)Cc1ccc(C(C)C(=O)n2ccsc2=N)cc1. The highest BCUT2D eigenvalue weighted by Gasteiger charge is 2.17. The van der Waals surface area contributed by atoms with Crippen LogP contribution in [-0.2, 0) is 6.42 Å². The number of thiazole rings is 1. The van der Waals surface area contributed by atoms with Crippen LogP contribution >= 0.6 is 11.3 Å². The van der Waals surface area contributed by atoms with E-state index < -0.39 is 0 Å². The maximum absolute atomic E-state index is 12.3. The minimum absolute atomic E-state index is 0.0483. The Morgan fingerprint density at radius 2 is 1.90 bits per heavy atom. The topological polar surface area (TPSA) is 45.9 Å². The van der Waals surface area contributed by atoms with Crippen molar-refractivity contribution in [3.05, 3.63) is 51.8 Å². The molecule has 0 saturated carbocycles.